The molecule has 1 aromatic carbocycles. The zero-order chi connectivity index (χ0) is 11.4. The van der Waals surface area contributed by atoms with Gasteiger partial charge in [0.15, 0.2) is 0 Å². The van der Waals surface area contributed by atoms with E-state index in [1.807, 2.05) is 43.3 Å². The number of benzene rings is 1. The van der Waals surface area contributed by atoms with Gasteiger partial charge in [0.1, 0.15) is 5.82 Å². The lowest BCUT2D eigenvalue weighted by Crippen LogP contribution is -2.00. The summed E-state index contributed by atoms with van der Waals surface area (Å²) in [6.45, 7) is 2.88. The number of nitrogens with zero attached hydrogens (tertiary/aromatic N) is 2. The molecule has 0 saturated heterocycles. The van der Waals surface area contributed by atoms with Crippen molar-refractivity contribution in [3.05, 3.63) is 40.9 Å². The first-order valence-electron chi connectivity index (χ1n) is 5.13. The summed E-state index contributed by atoms with van der Waals surface area (Å²) in [5, 5.41) is 11.4. The molecule has 0 unspecified atom stereocenters. The molecule has 0 radical (unpaired) electrons. The average molecular weight is 278 g/mol. The second-order valence-corrected chi connectivity index (χ2v) is 4.17. The fourth-order valence-electron chi connectivity index (χ4n) is 1.42. The molecule has 2 aromatic rings. The van der Waals surface area contributed by atoms with E-state index in [1.165, 1.54) is 0 Å². The first-order valence-corrected chi connectivity index (χ1v) is 5.93. The van der Waals surface area contributed by atoms with Crippen LogP contribution in [0.5, 0.6) is 0 Å². The normalized spacial score (nSPS) is 10.1. The molecule has 2 rings (SSSR count). The molecule has 82 valence electrons. The van der Waals surface area contributed by atoms with Crippen LogP contribution in [0.1, 0.15) is 6.92 Å². The third-order valence-corrected chi connectivity index (χ3v) is 2.86. The van der Waals surface area contributed by atoms with Gasteiger partial charge in [-0.1, -0.05) is 34.1 Å². The van der Waals surface area contributed by atoms with Crippen LogP contribution in [0.4, 0.5) is 5.82 Å². The Bertz CT molecular complexity index is 468. The first kappa shape index (κ1) is 11.1. The van der Waals surface area contributed by atoms with Crippen molar-refractivity contribution >= 4 is 21.7 Å². The summed E-state index contributed by atoms with van der Waals surface area (Å²) in [5.41, 5.74) is 1.92. The zero-order valence-corrected chi connectivity index (χ0v) is 10.5. The molecular weight excluding hydrogens is 266 g/mol. The number of rotatable bonds is 3. The minimum absolute atomic E-state index is 0.804. The van der Waals surface area contributed by atoms with Gasteiger partial charge < -0.3 is 5.32 Å². The SMILES string of the molecule is CCNc1ccc(-c2ccccc2Br)nn1. The van der Waals surface area contributed by atoms with E-state index in [2.05, 4.69) is 31.4 Å². The predicted octanol–water partition coefficient (Wildman–Crippen LogP) is 3.34. The van der Waals surface area contributed by atoms with Crippen molar-refractivity contribution in [2.45, 2.75) is 6.92 Å². The standard InChI is InChI=1S/C12H12BrN3/c1-2-14-12-8-7-11(15-16-12)9-5-3-4-6-10(9)13/h3-8H,2H2,1H3,(H,14,16). The van der Waals surface area contributed by atoms with Gasteiger partial charge in [-0.15, -0.1) is 10.2 Å². The molecule has 0 fully saturated rings. The van der Waals surface area contributed by atoms with E-state index in [-0.39, 0.29) is 0 Å². The average Bonchev–Trinajstić information content (AvgIpc) is 2.31. The van der Waals surface area contributed by atoms with Crippen molar-refractivity contribution in [2.24, 2.45) is 0 Å². The molecular formula is C12H12BrN3. The van der Waals surface area contributed by atoms with Crippen molar-refractivity contribution in [3.63, 3.8) is 0 Å². The minimum Gasteiger partial charge on any atom is -0.369 e. The monoisotopic (exact) mass is 277 g/mol. The molecule has 0 bridgehead atoms. The summed E-state index contributed by atoms with van der Waals surface area (Å²) in [7, 11) is 0. The third-order valence-electron chi connectivity index (χ3n) is 2.17. The van der Waals surface area contributed by atoms with Crippen molar-refractivity contribution in [3.8, 4) is 11.3 Å². The van der Waals surface area contributed by atoms with Crippen LogP contribution in [0, 0.1) is 0 Å². The second-order valence-electron chi connectivity index (χ2n) is 3.31. The zero-order valence-electron chi connectivity index (χ0n) is 8.94. The molecule has 1 N–H and O–H groups in total. The Labute approximate surface area is 103 Å². The van der Waals surface area contributed by atoms with Crippen LogP contribution in [0.2, 0.25) is 0 Å². The lowest BCUT2D eigenvalue weighted by molar-refractivity contribution is 1.02. The Morgan fingerprint density at radius 3 is 2.56 bits per heavy atom. The Kier molecular flexibility index (Phi) is 3.51. The molecule has 0 aliphatic heterocycles. The van der Waals surface area contributed by atoms with E-state index >= 15 is 0 Å². The first-order chi connectivity index (χ1) is 7.81. The van der Waals surface area contributed by atoms with Crippen molar-refractivity contribution < 1.29 is 0 Å². The van der Waals surface area contributed by atoms with Gasteiger partial charge in [0, 0.05) is 16.6 Å². The Morgan fingerprint density at radius 2 is 1.94 bits per heavy atom. The van der Waals surface area contributed by atoms with Gasteiger partial charge >= 0.3 is 0 Å². The van der Waals surface area contributed by atoms with Gasteiger partial charge in [0.25, 0.3) is 0 Å². The topological polar surface area (TPSA) is 37.8 Å². The lowest BCUT2D eigenvalue weighted by Gasteiger charge is -2.04. The molecule has 1 heterocycles. The molecule has 0 aliphatic carbocycles. The van der Waals surface area contributed by atoms with Crippen LogP contribution in [-0.4, -0.2) is 16.7 Å². The maximum atomic E-state index is 4.19. The van der Waals surface area contributed by atoms with Gasteiger partial charge in [-0.2, -0.15) is 0 Å². The largest absolute Gasteiger partial charge is 0.369 e. The maximum Gasteiger partial charge on any atom is 0.148 e. The molecule has 16 heavy (non-hydrogen) atoms. The molecule has 0 spiro atoms. The molecule has 1 aromatic heterocycles. The number of aromatic nitrogens is 2. The highest BCUT2D eigenvalue weighted by Gasteiger charge is 2.03. The quantitative estimate of drug-likeness (QED) is 0.935. The summed E-state index contributed by atoms with van der Waals surface area (Å²) >= 11 is 3.50. The molecule has 0 saturated carbocycles. The van der Waals surface area contributed by atoms with E-state index in [0.29, 0.717) is 0 Å². The smallest absolute Gasteiger partial charge is 0.148 e. The number of nitrogens with one attached hydrogen (secondary N) is 1. The number of hydrogen-bond acceptors (Lipinski definition) is 3. The van der Waals surface area contributed by atoms with Crippen LogP contribution in [0.3, 0.4) is 0 Å². The molecule has 4 heteroatoms. The Morgan fingerprint density at radius 1 is 1.12 bits per heavy atom. The van der Waals surface area contributed by atoms with Crippen molar-refractivity contribution in [2.75, 3.05) is 11.9 Å². The van der Waals surface area contributed by atoms with Crippen LogP contribution >= 0.6 is 15.9 Å². The Balaban J connectivity index is 2.31. The van der Waals surface area contributed by atoms with Gasteiger partial charge in [-0.3, -0.25) is 0 Å². The summed E-state index contributed by atoms with van der Waals surface area (Å²) in [5.74, 6) is 0.804. The number of hydrogen-bond donors (Lipinski definition) is 1. The second kappa shape index (κ2) is 5.07. The summed E-state index contributed by atoms with van der Waals surface area (Å²) < 4.78 is 1.03. The van der Waals surface area contributed by atoms with Gasteiger partial charge in [0.05, 0.1) is 5.69 Å². The predicted molar refractivity (Wildman–Crippen MR) is 69.3 cm³/mol. The van der Waals surface area contributed by atoms with Gasteiger partial charge in [-0.25, -0.2) is 0 Å². The van der Waals surface area contributed by atoms with E-state index in [4.69, 9.17) is 0 Å². The number of anilines is 1. The fourth-order valence-corrected chi connectivity index (χ4v) is 1.91. The van der Waals surface area contributed by atoms with E-state index in [9.17, 15) is 0 Å². The summed E-state index contributed by atoms with van der Waals surface area (Å²) in [6, 6.07) is 11.9. The van der Waals surface area contributed by atoms with Crippen LogP contribution in [-0.2, 0) is 0 Å². The van der Waals surface area contributed by atoms with Crippen molar-refractivity contribution in [1.82, 2.24) is 10.2 Å². The van der Waals surface area contributed by atoms with Crippen LogP contribution in [0.25, 0.3) is 11.3 Å². The molecule has 0 amide bonds. The van der Waals surface area contributed by atoms with Gasteiger partial charge in [-0.05, 0) is 25.1 Å². The van der Waals surface area contributed by atoms with Crippen LogP contribution < -0.4 is 5.32 Å². The highest BCUT2D eigenvalue weighted by atomic mass is 79.9. The van der Waals surface area contributed by atoms with Gasteiger partial charge in [0.2, 0.25) is 0 Å². The van der Waals surface area contributed by atoms with E-state index < -0.39 is 0 Å². The third kappa shape index (κ3) is 2.39. The van der Waals surface area contributed by atoms with Crippen molar-refractivity contribution in [1.29, 1.82) is 0 Å². The van der Waals surface area contributed by atoms with E-state index in [0.717, 1.165) is 28.1 Å². The highest BCUT2D eigenvalue weighted by Crippen LogP contribution is 2.25. The maximum absolute atomic E-state index is 4.19. The molecule has 0 atom stereocenters. The van der Waals surface area contributed by atoms with Crippen LogP contribution in [0.15, 0.2) is 40.9 Å². The fraction of sp³-hybridized carbons (Fsp3) is 0.167. The minimum atomic E-state index is 0.804. The summed E-state index contributed by atoms with van der Waals surface area (Å²) in [6.07, 6.45) is 0. The lowest BCUT2D eigenvalue weighted by atomic mass is 10.1. The molecule has 0 aliphatic rings. The highest BCUT2D eigenvalue weighted by molar-refractivity contribution is 9.10. The molecule has 3 nitrogen and oxygen atoms in total. The Hall–Kier alpha value is -1.42. The summed E-state index contributed by atoms with van der Waals surface area (Å²) in [4.78, 5) is 0. The van der Waals surface area contributed by atoms with E-state index in [1.54, 1.807) is 0 Å². The number of halogens is 1.